The van der Waals surface area contributed by atoms with Crippen molar-refractivity contribution >= 4 is 11.9 Å². The van der Waals surface area contributed by atoms with Crippen LogP contribution in [0.15, 0.2) is 121 Å². The molecule has 0 aromatic heterocycles. The molecular weight excluding hydrogens is 480 g/mol. The summed E-state index contributed by atoms with van der Waals surface area (Å²) in [6.45, 7) is 0.374. The first-order valence-corrected chi connectivity index (χ1v) is 12.5. The minimum atomic E-state index is -1.18. The fraction of sp³-hybridized carbons (Fsp3) is 0.188. The Labute approximate surface area is 221 Å². The molecule has 0 N–H and O–H groups in total. The van der Waals surface area contributed by atoms with Crippen LogP contribution in [0.3, 0.4) is 0 Å². The van der Waals surface area contributed by atoms with E-state index >= 15 is 0 Å². The molecule has 1 heterocycles. The summed E-state index contributed by atoms with van der Waals surface area (Å²) >= 11 is 0. The van der Waals surface area contributed by atoms with Gasteiger partial charge in [0, 0.05) is 0 Å². The molecule has 1 aliphatic heterocycles. The molecule has 0 amide bonds. The van der Waals surface area contributed by atoms with Gasteiger partial charge in [0.25, 0.3) is 0 Å². The Morgan fingerprint density at radius 1 is 0.632 bits per heavy atom. The first kappa shape index (κ1) is 25.4. The maximum atomic E-state index is 13.4. The lowest BCUT2D eigenvalue weighted by atomic mass is 9.93. The van der Waals surface area contributed by atoms with Crippen LogP contribution in [0.2, 0.25) is 0 Å². The van der Waals surface area contributed by atoms with Gasteiger partial charge >= 0.3 is 11.9 Å². The van der Waals surface area contributed by atoms with Crippen molar-refractivity contribution in [2.45, 2.75) is 37.6 Å². The lowest BCUT2D eigenvalue weighted by Crippen LogP contribution is -2.56. The molecule has 6 heteroatoms. The van der Waals surface area contributed by atoms with Crippen LogP contribution in [0.5, 0.6) is 0 Å². The summed E-state index contributed by atoms with van der Waals surface area (Å²) in [6.07, 6.45) is -3.84. The van der Waals surface area contributed by atoms with Crippen molar-refractivity contribution in [2.75, 3.05) is 0 Å². The lowest BCUT2D eigenvalue weighted by Gasteiger charge is -2.40. The fourth-order valence-corrected chi connectivity index (χ4v) is 4.41. The fourth-order valence-electron chi connectivity index (χ4n) is 4.41. The monoisotopic (exact) mass is 508 g/mol. The number of benzene rings is 4. The van der Waals surface area contributed by atoms with Crippen LogP contribution in [0.1, 0.15) is 33.2 Å². The van der Waals surface area contributed by atoms with E-state index in [0.717, 1.165) is 16.7 Å². The molecule has 0 spiro atoms. The molecule has 0 aliphatic carbocycles. The number of rotatable bonds is 9. The molecule has 0 radical (unpaired) electrons. The van der Waals surface area contributed by atoms with Gasteiger partial charge in [0.15, 0.2) is 18.3 Å². The zero-order valence-electron chi connectivity index (χ0n) is 20.7. The van der Waals surface area contributed by atoms with Crippen LogP contribution in [-0.4, -0.2) is 30.3 Å². The third kappa shape index (κ3) is 6.17. The molecule has 0 unspecified atom stereocenters. The Kier molecular flexibility index (Phi) is 8.23. The average Bonchev–Trinajstić information content (AvgIpc) is 2.98. The molecule has 192 valence electrons. The minimum absolute atomic E-state index is 0.140. The Balaban J connectivity index is 1.48. The number of esters is 2. The van der Waals surface area contributed by atoms with Crippen molar-refractivity contribution in [3.05, 3.63) is 144 Å². The van der Waals surface area contributed by atoms with Gasteiger partial charge in [-0.2, -0.15) is 0 Å². The van der Waals surface area contributed by atoms with E-state index in [1.807, 2.05) is 97.1 Å². The van der Waals surface area contributed by atoms with E-state index in [1.165, 1.54) is 0 Å². The Hall–Kier alpha value is -4.26. The van der Waals surface area contributed by atoms with Gasteiger partial charge in [0.1, 0.15) is 6.10 Å². The number of carbonyl (C=O) groups excluding carboxylic acids is 2. The van der Waals surface area contributed by atoms with Gasteiger partial charge in [-0.05, 0) is 28.8 Å². The van der Waals surface area contributed by atoms with Crippen molar-refractivity contribution in [1.82, 2.24) is 0 Å². The van der Waals surface area contributed by atoms with Crippen LogP contribution in [0.25, 0.3) is 0 Å². The SMILES string of the molecule is O=C(O[C@H]1[C@@H](OCc2ccccc2)[C@@H](c2ccccc2)OC(=O)[C@@H]1OCc1ccccc1)c1ccccc1. The normalized spacial score (nSPS) is 20.9. The number of hydrogen-bond acceptors (Lipinski definition) is 6. The van der Waals surface area contributed by atoms with Gasteiger partial charge in [-0.15, -0.1) is 0 Å². The van der Waals surface area contributed by atoms with Crippen LogP contribution in [0.4, 0.5) is 0 Å². The standard InChI is InChI=1S/C32H28O6/c33-31(26-19-11-4-12-20-26)38-29-28(35-21-23-13-5-1-6-14-23)27(25-17-9-3-10-18-25)37-32(34)30(29)36-22-24-15-7-2-8-16-24/h1-20,27-30H,21-22H2/t27-,28+,29+,30-/m1/s1. The van der Waals surface area contributed by atoms with Crippen LogP contribution in [0, 0.1) is 0 Å². The molecule has 5 rings (SSSR count). The Bertz CT molecular complexity index is 1310. The van der Waals surface area contributed by atoms with Crippen LogP contribution >= 0.6 is 0 Å². The topological polar surface area (TPSA) is 71.1 Å². The van der Waals surface area contributed by atoms with Crippen molar-refractivity contribution in [1.29, 1.82) is 0 Å². The van der Waals surface area contributed by atoms with Crippen molar-refractivity contribution in [3.63, 3.8) is 0 Å². The third-order valence-electron chi connectivity index (χ3n) is 6.33. The van der Waals surface area contributed by atoms with E-state index in [4.69, 9.17) is 18.9 Å². The molecule has 1 saturated heterocycles. The largest absolute Gasteiger partial charge is 0.453 e. The number of cyclic esters (lactones) is 1. The Morgan fingerprint density at radius 3 is 1.71 bits per heavy atom. The first-order valence-electron chi connectivity index (χ1n) is 12.5. The van der Waals surface area contributed by atoms with E-state index < -0.39 is 36.4 Å². The summed E-state index contributed by atoms with van der Waals surface area (Å²) in [6, 6.07) is 37.1. The zero-order valence-corrected chi connectivity index (χ0v) is 20.7. The molecule has 4 aromatic carbocycles. The average molecular weight is 509 g/mol. The highest BCUT2D eigenvalue weighted by Crippen LogP contribution is 2.36. The quantitative estimate of drug-likeness (QED) is 0.271. The molecule has 6 nitrogen and oxygen atoms in total. The van der Waals surface area contributed by atoms with E-state index in [2.05, 4.69) is 0 Å². The molecule has 38 heavy (non-hydrogen) atoms. The summed E-state index contributed by atoms with van der Waals surface area (Å²) in [5.74, 6) is -1.18. The van der Waals surface area contributed by atoms with E-state index in [9.17, 15) is 9.59 Å². The molecule has 0 bridgehead atoms. The number of carbonyl (C=O) groups is 2. The maximum Gasteiger partial charge on any atom is 0.340 e. The molecule has 1 aliphatic rings. The van der Waals surface area contributed by atoms with Gasteiger partial charge in [-0.1, -0.05) is 109 Å². The van der Waals surface area contributed by atoms with E-state index in [1.54, 1.807) is 24.3 Å². The van der Waals surface area contributed by atoms with Gasteiger partial charge in [0.05, 0.1) is 18.8 Å². The van der Waals surface area contributed by atoms with Crippen molar-refractivity contribution < 1.29 is 28.5 Å². The van der Waals surface area contributed by atoms with Gasteiger partial charge in [-0.3, -0.25) is 0 Å². The lowest BCUT2D eigenvalue weighted by molar-refractivity contribution is -0.223. The van der Waals surface area contributed by atoms with E-state index in [-0.39, 0.29) is 13.2 Å². The summed E-state index contributed by atoms with van der Waals surface area (Å²) in [5.41, 5.74) is 2.92. The second-order valence-corrected chi connectivity index (χ2v) is 8.98. The zero-order chi connectivity index (χ0) is 26.2. The van der Waals surface area contributed by atoms with Crippen LogP contribution in [-0.2, 0) is 37.0 Å². The molecular formula is C32H28O6. The minimum Gasteiger partial charge on any atom is -0.453 e. The summed E-state index contributed by atoms with van der Waals surface area (Å²) in [7, 11) is 0. The first-order chi connectivity index (χ1) is 18.7. The summed E-state index contributed by atoms with van der Waals surface area (Å²) < 4.78 is 24.4. The van der Waals surface area contributed by atoms with Crippen molar-refractivity contribution in [2.24, 2.45) is 0 Å². The predicted octanol–water partition coefficient (Wildman–Crippen LogP) is 5.68. The Morgan fingerprint density at radius 2 is 1.13 bits per heavy atom. The second-order valence-electron chi connectivity index (χ2n) is 8.98. The van der Waals surface area contributed by atoms with Crippen molar-refractivity contribution in [3.8, 4) is 0 Å². The van der Waals surface area contributed by atoms with Gasteiger partial charge in [-0.25, -0.2) is 9.59 Å². The molecule has 4 atom stereocenters. The predicted molar refractivity (Wildman–Crippen MR) is 141 cm³/mol. The smallest absolute Gasteiger partial charge is 0.340 e. The highest BCUT2D eigenvalue weighted by molar-refractivity contribution is 5.90. The summed E-state index contributed by atoms with van der Waals surface area (Å²) in [5, 5.41) is 0. The van der Waals surface area contributed by atoms with Crippen LogP contribution < -0.4 is 0 Å². The van der Waals surface area contributed by atoms with E-state index in [0.29, 0.717) is 5.56 Å². The molecule has 0 saturated carbocycles. The third-order valence-corrected chi connectivity index (χ3v) is 6.33. The number of hydrogen-bond donors (Lipinski definition) is 0. The van der Waals surface area contributed by atoms with Gasteiger partial charge in [0.2, 0.25) is 0 Å². The molecule has 1 fully saturated rings. The van der Waals surface area contributed by atoms with Gasteiger partial charge < -0.3 is 18.9 Å². The second kappa shape index (κ2) is 12.3. The maximum absolute atomic E-state index is 13.4. The molecule has 4 aromatic rings. The highest BCUT2D eigenvalue weighted by atomic mass is 16.6. The summed E-state index contributed by atoms with van der Waals surface area (Å²) in [4.78, 5) is 26.6. The highest BCUT2D eigenvalue weighted by Gasteiger charge is 2.50. The number of ether oxygens (including phenoxy) is 4.